The Hall–Kier alpha value is -1.67. The highest BCUT2D eigenvalue weighted by atomic mass is 14.9. The van der Waals surface area contributed by atoms with Gasteiger partial charge in [0.1, 0.15) is 0 Å². The van der Waals surface area contributed by atoms with E-state index >= 15 is 0 Å². The van der Waals surface area contributed by atoms with Crippen LogP contribution >= 0.6 is 0 Å². The predicted octanol–water partition coefficient (Wildman–Crippen LogP) is 2.44. The summed E-state index contributed by atoms with van der Waals surface area (Å²) in [5.41, 5.74) is 3.86. The van der Waals surface area contributed by atoms with Gasteiger partial charge in [-0.3, -0.25) is 4.98 Å². The van der Waals surface area contributed by atoms with E-state index in [1.165, 1.54) is 16.7 Å². The molecule has 0 spiro atoms. The van der Waals surface area contributed by atoms with Crippen LogP contribution in [-0.4, -0.2) is 18.1 Å². The van der Waals surface area contributed by atoms with Crippen molar-refractivity contribution in [3.05, 3.63) is 54.4 Å². The van der Waals surface area contributed by atoms with Gasteiger partial charge in [0.05, 0.1) is 0 Å². The molecule has 1 N–H and O–H groups in total. The highest BCUT2D eigenvalue weighted by molar-refractivity contribution is 5.62. The van der Waals surface area contributed by atoms with Gasteiger partial charge in [0, 0.05) is 31.4 Å². The highest BCUT2D eigenvalue weighted by Crippen LogP contribution is 2.24. The van der Waals surface area contributed by atoms with Gasteiger partial charge in [-0.25, -0.2) is 0 Å². The van der Waals surface area contributed by atoms with Gasteiger partial charge < -0.3 is 5.32 Å². The Bertz CT molecular complexity index is 458. The standard InChI is InChI=1S/C14H14N2/c1-2-13(8-15-7-1)11-3-5-12(6-4-11)14-9-16-10-14/h1-8,14,16H,9-10H2. The zero-order valence-electron chi connectivity index (χ0n) is 9.06. The minimum absolute atomic E-state index is 0.711. The molecule has 0 aliphatic carbocycles. The molecule has 2 heterocycles. The van der Waals surface area contributed by atoms with E-state index in [9.17, 15) is 0 Å². The summed E-state index contributed by atoms with van der Waals surface area (Å²) in [7, 11) is 0. The van der Waals surface area contributed by atoms with Crippen LogP contribution in [0.1, 0.15) is 11.5 Å². The first-order chi connectivity index (χ1) is 7.93. The third-order valence-corrected chi connectivity index (χ3v) is 3.16. The van der Waals surface area contributed by atoms with Gasteiger partial charge in [0.25, 0.3) is 0 Å². The van der Waals surface area contributed by atoms with Crippen LogP contribution in [0.5, 0.6) is 0 Å². The van der Waals surface area contributed by atoms with Crippen molar-refractivity contribution in [2.75, 3.05) is 13.1 Å². The van der Waals surface area contributed by atoms with Crippen LogP contribution < -0.4 is 5.32 Å². The minimum atomic E-state index is 0.711. The first-order valence-corrected chi connectivity index (χ1v) is 5.64. The molecule has 80 valence electrons. The number of nitrogens with zero attached hydrogens (tertiary/aromatic N) is 1. The van der Waals surface area contributed by atoms with Crippen LogP contribution in [0.3, 0.4) is 0 Å². The van der Waals surface area contributed by atoms with Gasteiger partial charge in [0.15, 0.2) is 0 Å². The lowest BCUT2D eigenvalue weighted by Crippen LogP contribution is -2.39. The van der Waals surface area contributed by atoms with Crippen molar-refractivity contribution >= 4 is 0 Å². The fourth-order valence-electron chi connectivity index (χ4n) is 2.01. The van der Waals surface area contributed by atoms with Crippen LogP contribution in [0.15, 0.2) is 48.8 Å². The van der Waals surface area contributed by atoms with Crippen molar-refractivity contribution in [3.63, 3.8) is 0 Å². The first-order valence-electron chi connectivity index (χ1n) is 5.64. The third kappa shape index (κ3) is 1.72. The maximum atomic E-state index is 4.14. The maximum absolute atomic E-state index is 4.14. The van der Waals surface area contributed by atoms with E-state index in [-0.39, 0.29) is 0 Å². The lowest BCUT2D eigenvalue weighted by atomic mass is 9.92. The molecule has 3 rings (SSSR count). The molecular formula is C14H14N2. The molecule has 1 saturated heterocycles. The SMILES string of the molecule is c1cncc(-c2ccc(C3CNC3)cc2)c1. The Labute approximate surface area is 95.3 Å². The number of hydrogen-bond acceptors (Lipinski definition) is 2. The molecule has 2 heteroatoms. The third-order valence-electron chi connectivity index (χ3n) is 3.16. The summed E-state index contributed by atoms with van der Waals surface area (Å²) in [6.07, 6.45) is 3.71. The van der Waals surface area contributed by atoms with Crippen LogP contribution in [0.4, 0.5) is 0 Å². The summed E-state index contributed by atoms with van der Waals surface area (Å²) >= 11 is 0. The topological polar surface area (TPSA) is 24.9 Å². The summed E-state index contributed by atoms with van der Waals surface area (Å²) in [5.74, 6) is 0.711. The van der Waals surface area contributed by atoms with Crippen molar-refractivity contribution in [1.82, 2.24) is 10.3 Å². The van der Waals surface area contributed by atoms with Gasteiger partial charge in [0.2, 0.25) is 0 Å². The molecular weight excluding hydrogens is 196 g/mol. The van der Waals surface area contributed by atoms with Gasteiger partial charge in [-0.1, -0.05) is 30.3 Å². The van der Waals surface area contributed by atoms with Crippen molar-refractivity contribution in [3.8, 4) is 11.1 Å². The molecule has 0 bridgehead atoms. The van der Waals surface area contributed by atoms with Gasteiger partial charge in [-0.2, -0.15) is 0 Å². The van der Waals surface area contributed by atoms with E-state index < -0.39 is 0 Å². The number of rotatable bonds is 2. The van der Waals surface area contributed by atoms with E-state index in [2.05, 4.69) is 40.6 Å². The Balaban J connectivity index is 1.87. The number of aromatic nitrogens is 1. The first kappa shape index (κ1) is 9.55. The number of benzene rings is 1. The molecule has 0 unspecified atom stereocenters. The summed E-state index contributed by atoms with van der Waals surface area (Å²) in [5, 5.41) is 3.30. The summed E-state index contributed by atoms with van der Waals surface area (Å²) < 4.78 is 0. The lowest BCUT2D eigenvalue weighted by Gasteiger charge is -2.27. The van der Waals surface area contributed by atoms with E-state index in [0.29, 0.717) is 5.92 Å². The Morgan fingerprint density at radius 3 is 2.38 bits per heavy atom. The monoisotopic (exact) mass is 210 g/mol. The predicted molar refractivity (Wildman–Crippen MR) is 65.3 cm³/mol. The fraction of sp³-hybridized carbons (Fsp3) is 0.214. The molecule has 0 saturated carbocycles. The molecule has 1 aliphatic rings. The van der Waals surface area contributed by atoms with E-state index in [1.54, 1.807) is 6.20 Å². The summed E-state index contributed by atoms with van der Waals surface area (Å²) in [6, 6.07) is 12.9. The zero-order chi connectivity index (χ0) is 10.8. The Kier molecular flexibility index (Phi) is 2.43. The molecule has 1 aromatic carbocycles. The number of hydrogen-bond donors (Lipinski definition) is 1. The molecule has 0 amide bonds. The zero-order valence-corrected chi connectivity index (χ0v) is 9.06. The van der Waals surface area contributed by atoms with Crippen molar-refractivity contribution < 1.29 is 0 Å². The van der Waals surface area contributed by atoms with Crippen LogP contribution in [0.25, 0.3) is 11.1 Å². The maximum Gasteiger partial charge on any atom is 0.0346 e. The van der Waals surface area contributed by atoms with Gasteiger partial charge in [-0.05, 0) is 22.8 Å². The molecule has 1 fully saturated rings. The molecule has 2 aromatic rings. The molecule has 1 aliphatic heterocycles. The molecule has 2 nitrogen and oxygen atoms in total. The largest absolute Gasteiger partial charge is 0.315 e. The van der Waals surface area contributed by atoms with Crippen LogP contribution in [0.2, 0.25) is 0 Å². The second-order valence-electron chi connectivity index (χ2n) is 4.22. The number of nitrogens with one attached hydrogen (secondary N) is 1. The average molecular weight is 210 g/mol. The summed E-state index contributed by atoms with van der Waals surface area (Å²) in [4.78, 5) is 4.14. The van der Waals surface area contributed by atoms with Crippen molar-refractivity contribution in [1.29, 1.82) is 0 Å². The average Bonchev–Trinajstić information content (AvgIpc) is 2.29. The van der Waals surface area contributed by atoms with Crippen molar-refractivity contribution in [2.24, 2.45) is 0 Å². The van der Waals surface area contributed by atoms with Crippen LogP contribution in [0, 0.1) is 0 Å². The minimum Gasteiger partial charge on any atom is -0.315 e. The Morgan fingerprint density at radius 1 is 1.00 bits per heavy atom. The van der Waals surface area contributed by atoms with E-state index in [4.69, 9.17) is 0 Å². The molecule has 0 atom stereocenters. The summed E-state index contributed by atoms with van der Waals surface area (Å²) in [6.45, 7) is 2.23. The van der Waals surface area contributed by atoms with Crippen LogP contribution in [-0.2, 0) is 0 Å². The van der Waals surface area contributed by atoms with E-state index in [0.717, 1.165) is 13.1 Å². The lowest BCUT2D eigenvalue weighted by molar-refractivity contribution is 0.448. The van der Waals surface area contributed by atoms with E-state index in [1.807, 2.05) is 12.3 Å². The van der Waals surface area contributed by atoms with Gasteiger partial charge >= 0.3 is 0 Å². The molecule has 16 heavy (non-hydrogen) atoms. The molecule has 1 aromatic heterocycles. The Morgan fingerprint density at radius 2 is 1.81 bits per heavy atom. The van der Waals surface area contributed by atoms with Gasteiger partial charge in [-0.15, -0.1) is 0 Å². The normalized spacial score (nSPS) is 15.8. The smallest absolute Gasteiger partial charge is 0.0346 e. The molecule has 0 radical (unpaired) electrons. The second kappa shape index (κ2) is 4.06. The van der Waals surface area contributed by atoms with Crippen molar-refractivity contribution in [2.45, 2.75) is 5.92 Å². The second-order valence-corrected chi connectivity index (χ2v) is 4.22. The number of pyridine rings is 1. The highest BCUT2D eigenvalue weighted by Gasteiger charge is 2.18. The fourth-order valence-corrected chi connectivity index (χ4v) is 2.01. The quantitative estimate of drug-likeness (QED) is 0.823.